The Morgan fingerprint density at radius 3 is 2.53 bits per heavy atom. The Morgan fingerprint density at radius 2 is 1.90 bits per heavy atom. The molecule has 6 nitrogen and oxygen atoms in total. The van der Waals surface area contributed by atoms with Crippen LogP contribution in [0.15, 0.2) is 47.4 Å². The van der Waals surface area contributed by atoms with E-state index < -0.39 is 15.8 Å². The summed E-state index contributed by atoms with van der Waals surface area (Å²) in [6.45, 7) is 3.17. The van der Waals surface area contributed by atoms with Crippen LogP contribution >= 0.6 is 0 Å². The summed E-state index contributed by atoms with van der Waals surface area (Å²) in [4.78, 5) is 14.3. The highest BCUT2D eigenvalue weighted by atomic mass is 32.2. The van der Waals surface area contributed by atoms with Crippen LogP contribution in [0.3, 0.4) is 0 Å². The van der Waals surface area contributed by atoms with Crippen LogP contribution in [-0.4, -0.2) is 46.0 Å². The quantitative estimate of drug-likeness (QED) is 0.726. The number of aryl methyl sites for hydroxylation is 1. The molecule has 1 saturated heterocycles. The van der Waals surface area contributed by atoms with Crippen molar-refractivity contribution in [1.82, 2.24) is 9.62 Å². The second kappa shape index (κ2) is 9.57. The molecule has 0 aliphatic carbocycles. The molecule has 1 aliphatic heterocycles. The lowest BCUT2D eigenvalue weighted by Gasteiger charge is -2.32. The first-order valence-corrected chi connectivity index (χ1v) is 11.5. The van der Waals surface area contributed by atoms with E-state index in [9.17, 15) is 17.6 Å². The number of sulfonamides is 1. The third-order valence-corrected chi connectivity index (χ3v) is 6.94. The van der Waals surface area contributed by atoms with E-state index in [0.717, 1.165) is 12.0 Å². The van der Waals surface area contributed by atoms with Gasteiger partial charge in [-0.2, -0.15) is 0 Å². The van der Waals surface area contributed by atoms with Gasteiger partial charge in [0.25, 0.3) is 5.91 Å². The van der Waals surface area contributed by atoms with Gasteiger partial charge in [0, 0.05) is 19.6 Å². The summed E-state index contributed by atoms with van der Waals surface area (Å²) in [6, 6.07) is 11.1. The number of benzene rings is 2. The fourth-order valence-corrected chi connectivity index (χ4v) is 4.93. The molecule has 0 radical (unpaired) electrons. The molecule has 0 atom stereocenters. The second-order valence-corrected chi connectivity index (χ2v) is 9.14. The van der Waals surface area contributed by atoms with Crippen molar-refractivity contribution in [1.29, 1.82) is 0 Å². The highest BCUT2D eigenvalue weighted by Crippen LogP contribution is 2.26. The fraction of sp³-hybridized carbons (Fsp3) is 0.409. The molecular formula is C22H27FN2O4S. The van der Waals surface area contributed by atoms with Gasteiger partial charge in [-0.3, -0.25) is 4.79 Å². The molecule has 2 aromatic rings. The molecule has 8 heteroatoms. The Labute approximate surface area is 177 Å². The maximum absolute atomic E-state index is 13.9. The first-order chi connectivity index (χ1) is 14.4. The maximum Gasteiger partial charge on any atom is 0.256 e. The van der Waals surface area contributed by atoms with E-state index in [1.54, 1.807) is 29.2 Å². The van der Waals surface area contributed by atoms with E-state index in [-0.39, 0.29) is 28.8 Å². The third kappa shape index (κ3) is 4.99. The van der Waals surface area contributed by atoms with Gasteiger partial charge in [0.1, 0.15) is 16.5 Å². The van der Waals surface area contributed by atoms with E-state index in [4.69, 9.17) is 4.74 Å². The van der Waals surface area contributed by atoms with Crippen LogP contribution in [0.2, 0.25) is 0 Å². The number of hydrogen-bond donors (Lipinski definition) is 1. The first-order valence-electron chi connectivity index (χ1n) is 10.1. The number of ether oxygens (including phenoxy) is 1. The maximum atomic E-state index is 13.9. The molecule has 0 unspecified atom stereocenters. The molecule has 30 heavy (non-hydrogen) atoms. The van der Waals surface area contributed by atoms with Crippen molar-refractivity contribution < 1.29 is 22.3 Å². The molecule has 1 N–H and O–H groups in total. The minimum absolute atomic E-state index is 0.0690. The second-order valence-electron chi connectivity index (χ2n) is 7.41. The zero-order valence-corrected chi connectivity index (χ0v) is 18.0. The number of nitrogens with zero attached hydrogens (tertiary/aromatic N) is 1. The standard InChI is InChI=1S/C22H27FN2O4S/c1-3-16-8-9-20(29-2)21(14-16)30(27,28)24-15-17-10-12-25(13-11-17)22(26)18-6-4-5-7-19(18)23/h4-9,14,17,24H,3,10-13,15H2,1-2H3. The van der Waals surface area contributed by atoms with Crippen molar-refractivity contribution in [3.8, 4) is 5.75 Å². The van der Waals surface area contributed by atoms with Crippen LogP contribution in [0.5, 0.6) is 5.75 Å². The monoisotopic (exact) mass is 434 g/mol. The molecule has 2 aromatic carbocycles. The van der Waals surface area contributed by atoms with E-state index in [1.165, 1.54) is 19.2 Å². The summed E-state index contributed by atoms with van der Waals surface area (Å²) in [7, 11) is -2.27. The van der Waals surface area contributed by atoms with Gasteiger partial charge in [0.05, 0.1) is 12.7 Å². The number of methoxy groups -OCH3 is 1. The zero-order valence-electron chi connectivity index (χ0n) is 17.2. The Balaban J connectivity index is 1.59. The molecule has 0 saturated carbocycles. The van der Waals surface area contributed by atoms with Crippen LogP contribution < -0.4 is 9.46 Å². The van der Waals surface area contributed by atoms with Crippen molar-refractivity contribution in [2.45, 2.75) is 31.1 Å². The summed E-state index contributed by atoms with van der Waals surface area (Å²) < 4.78 is 47.4. The Morgan fingerprint density at radius 1 is 1.20 bits per heavy atom. The topological polar surface area (TPSA) is 75.7 Å². The summed E-state index contributed by atoms with van der Waals surface area (Å²) in [5.41, 5.74) is 0.982. The third-order valence-electron chi connectivity index (χ3n) is 5.49. The molecule has 1 aliphatic rings. The summed E-state index contributed by atoms with van der Waals surface area (Å²) >= 11 is 0. The first kappa shape index (κ1) is 22.2. The molecule has 3 rings (SSSR count). The molecule has 0 aromatic heterocycles. The Hall–Kier alpha value is -2.45. The van der Waals surface area contributed by atoms with Gasteiger partial charge in [-0.05, 0) is 55.0 Å². The van der Waals surface area contributed by atoms with Gasteiger partial charge in [-0.1, -0.05) is 25.1 Å². The average Bonchev–Trinajstić information content (AvgIpc) is 2.77. The molecule has 0 bridgehead atoms. The fourth-order valence-electron chi connectivity index (χ4n) is 3.60. The highest BCUT2D eigenvalue weighted by Gasteiger charge is 2.27. The summed E-state index contributed by atoms with van der Waals surface area (Å²) in [5.74, 6) is -0.441. The zero-order chi connectivity index (χ0) is 21.7. The van der Waals surface area contributed by atoms with Crippen LogP contribution in [0, 0.1) is 11.7 Å². The van der Waals surface area contributed by atoms with Crippen LogP contribution in [0.25, 0.3) is 0 Å². The van der Waals surface area contributed by atoms with Crippen LogP contribution in [0.4, 0.5) is 4.39 Å². The van der Waals surface area contributed by atoms with E-state index in [1.807, 2.05) is 13.0 Å². The highest BCUT2D eigenvalue weighted by molar-refractivity contribution is 7.89. The predicted molar refractivity (Wildman–Crippen MR) is 113 cm³/mol. The van der Waals surface area contributed by atoms with Crippen molar-refractivity contribution in [3.63, 3.8) is 0 Å². The number of nitrogens with one attached hydrogen (secondary N) is 1. The molecule has 1 fully saturated rings. The Kier molecular flexibility index (Phi) is 7.10. The lowest BCUT2D eigenvalue weighted by Crippen LogP contribution is -2.41. The number of likely N-dealkylation sites (tertiary alicyclic amines) is 1. The number of carbonyl (C=O) groups excluding carboxylic acids is 1. The normalized spacial score (nSPS) is 15.2. The number of carbonyl (C=O) groups is 1. The molecule has 162 valence electrons. The van der Waals surface area contributed by atoms with Gasteiger partial charge in [-0.25, -0.2) is 17.5 Å². The average molecular weight is 435 g/mol. The SMILES string of the molecule is CCc1ccc(OC)c(S(=O)(=O)NCC2CCN(C(=O)c3ccccc3F)CC2)c1. The van der Waals surface area contributed by atoms with Crippen molar-refractivity contribution in [2.24, 2.45) is 5.92 Å². The van der Waals surface area contributed by atoms with E-state index in [2.05, 4.69) is 4.72 Å². The summed E-state index contributed by atoms with van der Waals surface area (Å²) in [5, 5.41) is 0. The number of piperidine rings is 1. The number of amides is 1. The minimum atomic E-state index is -3.72. The lowest BCUT2D eigenvalue weighted by atomic mass is 9.96. The largest absolute Gasteiger partial charge is 0.495 e. The van der Waals surface area contributed by atoms with Gasteiger partial charge >= 0.3 is 0 Å². The van der Waals surface area contributed by atoms with Crippen molar-refractivity contribution >= 4 is 15.9 Å². The molecule has 1 amide bonds. The number of halogens is 1. The van der Waals surface area contributed by atoms with Crippen molar-refractivity contribution in [2.75, 3.05) is 26.7 Å². The predicted octanol–water partition coefficient (Wildman–Crippen LogP) is 3.23. The number of hydrogen-bond acceptors (Lipinski definition) is 4. The van der Waals surface area contributed by atoms with Gasteiger partial charge in [0.2, 0.25) is 10.0 Å². The van der Waals surface area contributed by atoms with Crippen molar-refractivity contribution in [3.05, 3.63) is 59.4 Å². The van der Waals surface area contributed by atoms with E-state index >= 15 is 0 Å². The molecule has 1 heterocycles. The summed E-state index contributed by atoms with van der Waals surface area (Å²) in [6.07, 6.45) is 2.02. The minimum Gasteiger partial charge on any atom is -0.495 e. The number of rotatable bonds is 7. The lowest BCUT2D eigenvalue weighted by molar-refractivity contribution is 0.0687. The molecular weight excluding hydrogens is 407 g/mol. The van der Waals surface area contributed by atoms with Gasteiger partial charge in [0.15, 0.2) is 0 Å². The van der Waals surface area contributed by atoms with Gasteiger partial charge < -0.3 is 9.64 Å². The van der Waals surface area contributed by atoms with E-state index in [0.29, 0.717) is 31.7 Å². The molecule has 0 spiro atoms. The van der Waals surface area contributed by atoms with Crippen LogP contribution in [-0.2, 0) is 16.4 Å². The Bertz CT molecular complexity index is 1000. The smallest absolute Gasteiger partial charge is 0.256 e. The van der Waals surface area contributed by atoms with Crippen LogP contribution in [0.1, 0.15) is 35.7 Å². The van der Waals surface area contributed by atoms with Gasteiger partial charge in [-0.15, -0.1) is 0 Å².